The van der Waals surface area contributed by atoms with Crippen LogP contribution in [0, 0.1) is 0 Å². The van der Waals surface area contributed by atoms with Crippen LogP contribution in [0.25, 0.3) is 0 Å². The summed E-state index contributed by atoms with van der Waals surface area (Å²) in [6.45, 7) is -0.396. The van der Waals surface area contributed by atoms with Crippen LogP contribution in [0.1, 0.15) is 0 Å². The van der Waals surface area contributed by atoms with Crippen molar-refractivity contribution in [3.8, 4) is 0 Å². The summed E-state index contributed by atoms with van der Waals surface area (Å²) >= 11 is 0. The van der Waals surface area contributed by atoms with Crippen LogP contribution in [-0.4, -0.2) is 42.9 Å². The molecule has 0 saturated heterocycles. The molecule has 0 aliphatic carbocycles. The fraction of sp³-hybridized carbons (Fsp3) is 0.375. The number of hydrogen-bond acceptors (Lipinski definition) is 5. The Morgan fingerprint density at radius 3 is 2.00 bits per heavy atom. The van der Waals surface area contributed by atoms with Crippen LogP contribution in [0.3, 0.4) is 0 Å². The van der Waals surface area contributed by atoms with E-state index >= 15 is 0 Å². The van der Waals surface area contributed by atoms with Gasteiger partial charge in [0.1, 0.15) is 0 Å². The maximum absolute atomic E-state index is 10.7. The number of carbonyl (C=O) groups excluding carboxylic acids is 3. The molecular weight excluding hydrogens is 202 g/mol. The van der Waals surface area contributed by atoms with Gasteiger partial charge in [-0.1, -0.05) is 0 Å². The molecule has 0 aromatic rings. The fourth-order valence-electron chi connectivity index (χ4n) is 0.796. The number of nitrogens with two attached hydrogens (primary N) is 2. The van der Waals surface area contributed by atoms with Crippen LogP contribution in [0.15, 0.2) is 12.3 Å². The minimum atomic E-state index is -0.634. The van der Waals surface area contributed by atoms with Crippen molar-refractivity contribution >= 4 is 17.8 Å². The summed E-state index contributed by atoms with van der Waals surface area (Å²) in [5, 5.41) is 0. The smallest absolute Gasteiger partial charge is 0.331 e. The van der Waals surface area contributed by atoms with E-state index in [-0.39, 0.29) is 13.1 Å². The molecule has 0 aromatic carbocycles. The van der Waals surface area contributed by atoms with Crippen molar-refractivity contribution in [2.45, 2.75) is 0 Å². The first-order valence-electron chi connectivity index (χ1n) is 4.02. The number of esters is 1. The first-order chi connectivity index (χ1) is 6.95. The number of primary amides is 2. The van der Waals surface area contributed by atoms with Gasteiger partial charge in [-0.15, -0.1) is 0 Å². The van der Waals surface area contributed by atoms with E-state index in [4.69, 9.17) is 11.5 Å². The summed E-state index contributed by atoms with van der Waals surface area (Å²) in [6.07, 6.45) is 2.28. The Hall–Kier alpha value is -2.05. The van der Waals surface area contributed by atoms with Crippen molar-refractivity contribution in [2.75, 3.05) is 20.2 Å². The van der Waals surface area contributed by atoms with Gasteiger partial charge in [-0.3, -0.25) is 9.59 Å². The van der Waals surface area contributed by atoms with Crippen molar-refractivity contribution in [3.05, 3.63) is 12.3 Å². The summed E-state index contributed by atoms with van der Waals surface area (Å²) in [6, 6.07) is 0. The number of carbonyl (C=O) groups is 3. The van der Waals surface area contributed by atoms with Crippen molar-refractivity contribution in [2.24, 2.45) is 11.5 Å². The molecule has 0 rings (SSSR count). The minimum Gasteiger partial charge on any atom is -0.466 e. The summed E-state index contributed by atoms with van der Waals surface area (Å²) in [7, 11) is 1.21. The van der Waals surface area contributed by atoms with Crippen molar-refractivity contribution in [3.63, 3.8) is 0 Å². The Morgan fingerprint density at radius 1 is 1.20 bits per heavy atom. The number of ether oxygens (including phenoxy) is 1. The van der Waals surface area contributed by atoms with Gasteiger partial charge in [-0.05, 0) is 0 Å². The van der Waals surface area contributed by atoms with E-state index < -0.39 is 17.8 Å². The third-order valence-electron chi connectivity index (χ3n) is 1.34. The van der Waals surface area contributed by atoms with Gasteiger partial charge in [0.05, 0.1) is 20.2 Å². The van der Waals surface area contributed by atoms with Crippen LogP contribution in [0.2, 0.25) is 0 Å². The van der Waals surface area contributed by atoms with Crippen LogP contribution >= 0.6 is 0 Å². The lowest BCUT2D eigenvalue weighted by molar-refractivity contribution is -0.135. The lowest BCUT2D eigenvalue weighted by Crippen LogP contribution is -2.36. The predicted octanol–water partition coefficient (Wildman–Crippen LogP) is -2.05. The first-order valence-corrected chi connectivity index (χ1v) is 4.02. The van der Waals surface area contributed by atoms with Crippen LogP contribution in [0.4, 0.5) is 0 Å². The Bertz CT molecular complexity index is 272. The van der Waals surface area contributed by atoms with Gasteiger partial charge in [-0.2, -0.15) is 0 Å². The highest BCUT2D eigenvalue weighted by molar-refractivity contribution is 5.82. The van der Waals surface area contributed by atoms with Gasteiger partial charge in [0, 0.05) is 12.3 Å². The van der Waals surface area contributed by atoms with Gasteiger partial charge in [0.2, 0.25) is 11.8 Å². The average molecular weight is 215 g/mol. The maximum atomic E-state index is 10.7. The average Bonchev–Trinajstić information content (AvgIpc) is 2.11. The van der Waals surface area contributed by atoms with E-state index in [0.717, 1.165) is 6.08 Å². The predicted molar refractivity (Wildman–Crippen MR) is 51.1 cm³/mol. The second kappa shape index (κ2) is 6.41. The van der Waals surface area contributed by atoms with Gasteiger partial charge in [-0.25, -0.2) is 4.79 Å². The van der Waals surface area contributed by atoms with E-state index in [0.29, 0.717) is 0 Å². The highest BCUT2D eigenvalue weighted by atomic mass is 16.5. The molecular formula is C8H13N3O4. The molecule has 0 radical (unpaired) electrons. The third-order valence-corrected chi connectivity index (χ3v) is 1.34. The zero-order chi connectivity index (χ0) is 11.8. The Kier molecular flexibility index (Phi) is 5.53. The molecule has 15 heavy (non-hydrogen) atoms. The Labute approximate surface area is 86.6 Å². The summed E-state index contributed by atoms with van der Waals surface area (Å²) in [5.74, 6) is -1.87. The largest absolute Gasteiger partial charge is 0.466 e. The molecule has 0 atom stereocenters. The van der Waals surface area contributed by atoms with E-state index in [1.807, 2.05) is 0 Å². The van der Waals surface area contributed by atoms with Crippen molar-refractivity contribution in [1.29, 1.82) is 0 Å². The summed E-state index contributed by atoms with van der Waals surface area (Å²) < 4.78 is 4.33. The molecule has 2 amide bonds. The highest BCUT2D eigenvalue weighted by Crippen LogP contribution is 1.90. The lowest BCUT2D eigenvalue weighted by Gasteiger charge is -2.15. The SMILES string of the molecule is COC(=O)C=CN(CC(N)=O)CC(N)=O. The van der Waals surface area contributed by atoms with E-state index in [1.165, 1.54) is 18.2 Å². The fourth-order valence-corrected chi connectivity index (χ4v) is 0.796. The number of hydrogen-bond donors (Lipinski definition) is 2. The molecule has 0 fully saturated rings. The second-order valence-corrected chi connectivity index (χ2v) is 2.68. The van der Waals surface area contributed by atoms with Crippen molar-refractivity contribution in [1.82, 2.24) is 4.90 Å². The summed E-state index contributed by atoms with van der Waals surface area (Å²) in [5.41, 5.74) is 9.85. The zero-order valence-corrected chi connectivity index (χ0v) is 8.30. The molecule has 0 heterocycles. The molecule has 0 aliphatic rings. The number of rotatable bonds is 6. The maximum Gasteiger partial charge on any atom is 0.331 e. The second-order valence-electron chi connectivity index (χ2n) is 2.68. The number of methoxy groups -OCH3 is 1. The standard InChI is InChI=1S/C8H13N3O4/c1-15-8(14)2-3-11(4-6(9)12)5-7(10)13/h2-3H,4-5H2,1H3,(H2,9,12)(H2,10,13). The lowest BCUT2D eigenvalue weighted by atomic mass is 10.4. The molecule has 4 N–H and O–H groups in total. The third kappa shape index (κ3) is 7.05. The molecule has 7 nitrogen and oxygen atoms in total. The molecule has 0 aliphatic heterocycles. The van der Waals surface area contributed by atoms with E-state index in [9.17, 15) is 14.4 Å². The van der Waals surface area contributed by atoms with Gasteiger partial charge in [0.15, 0.2) is 0 Å². The molecule has 84 valence electrons. The van der Waals surface area contributed by atoms with Gasteiger partial charge < -0.3 is 21.1 Å². The number of amides is 2. The Morgan fingerprint density at radius 2 is 1.67 bits per heavy atom. The number of nitrogens with zero attached hydrogens (tertiary/aromatic N) is 1. The molecule has 0 unspecified atom stereocenters. The van der Waals surface area contributed by atoms with Gasteiger partial charge in [0.25, 0.3) is 0 Å². The van der Waals surface area contributed by atoms with Crippen LogP contribution in [0.5, 0.6) is 0 Å². The quantitative estimate of drug-likeness (QED) is 0.390. The van der Waals surface area contributed by atoms with Crippen molar-refractivity contribution < 1.29 is 19.1 Å². The molecule has 0 spiro atoms. The van der Waals surface area contributed by atoms with Gasteiger partial charge >= 0.3 is 5.97 Å². The molecule has 0 aromatic heterocycles. The van der Waals surface area contributed by atoms with E-state index in [1.54, 1.807) is 0 Å². The molecule has 0 bridgehead atoms. The molecule has 0 saturated carbocycles. The first kappa shape index (κ1) is 12.9. The minimum absolute atomic E-state index is 0.198. The topological polar surface area (TPSA) is 116 Å². The molecule has 7 heteroatoms. The van der Waals surface area contributed by atoms with Crippen LogP contribution in [-0.2, 0) is 19.1 Å². The monoisotopic (exact) mass is 215 g/mol. The zero-order valence-electron chi connectivity index (χ0n) is 8.30. The highest BCUT2D eigenvalue weighted by Gasteiger charge is 2.07. The Balaban J connectivity index is 4.35. The van der Waals surface area contributed by atoms with E-state index in [2.05, 4.69) is 4.74 Å². The normalized spacial score (nSPS) is 9.93. The van der Waals surface area contributed by atoms with Crippen LogP contribution < -0.4 is 11.5 Å². The summed E-state index contributed by atoms with van der Waals surface area (Å²) in [4.78, 5) is 33.1.